The molecule has 0 aromatic carbocycles. The summed E-state index contributed by atoms with van der Waals surface area (Å²) in [6.45, 7) is 3.02. The molecule has 0 radical (unpaired) electrons. The van der Waals surface area contributed by atoms with Gasteiger partial charge in [-0.25, -0.2) is 0 Å². The van der Waals surface area contributed by atoms with Gasteiger partial charge in [-0.3, -0.25) is 0 Å². The second-order valence-corrected chi connectivity index (χ2v) is 12.9. The maximum absolute atomic E-state index is 12.5. The molecule has 3 aromatic rings. The van der Waals surface area contributed by atoms with Gasteiger partial charge in [-0.1, -0.05) is 0 Å². The molecule has 0 aliphatic heterocycles. The van der Waals surface area contributed by atoms with Gasteiger partial charge in [0.1, 0.15) is 0 Å². The number of nitrogens with two attached hydrogens (primary N) is 1. The van der Waals surface area contributed by atoms with E-state index in [0.29, 0.717) is 30.3 Å². The summed E-state index contributed by atoms with van der Waals surface area (Å²) >= 11 is -1.82. The van der Waals surface area contributed by atoms with Crippen LogP contribution >= 0.6 is 0 Å². The van der Waals surface area contributed by atoms with Crippen LogP contribution in [-0.4, -0.2) is 50.7 Å². The number of aryl methyl sites for hydroxylation is 1. The van der Waals surface area contributed by atoms with E-state index >= 15 is 0 Å². The predicted molar refractivity (Wildman–Crippen MR) is 98.6 cm³/mol. The second kappa shape index (κ2) is 8.77. The molecule has 0 amide bonds. The summed E-state index contributed by atoms with van der Waals surface area (Å²) in [5, 5.41) is 3.11. The molecule has 28 heavy (non-hydrogen) atoms. The molecular weight excluding hydrogens is 555 g/mol. The Morgan fingerprint density at radius 3 is 2.75 bits per heavy atom. The Hall–Kier alpha value is -2.34. The maximum atomic E-state index is 12.5. The van der Waals surface area contributed by atoms with E-state index in [1.807, 2.05) is 9.25 Å². The van der Waals surface area contributed by atoms with Gasteiger partial charge in [-0.05, 0) is 0 Å². The molecule has 0 saturated carbocycles. The Balaban J connectivity index is 1.75. The molecular formula is C15H21HgN9O3. The zero-order valence-electron chi connectivity index (χ0n) is 16.0. The van der Waals surface area contributed by atoms with E-state index in [4.69, 9.17) is 10.5 Å². The van der Waals surface area contributed by atoms with Crippen molar-refractivity contribution in [1.29, 1.82) is 0 Å². The summed E-state index contributed by atoms with van der Waals surface area (Å²) < 4.78 is 11.1. The number of nitrogens with one attached hydrogen (secondary N) is 1. The van der Waals surface area contributed by atoms with Gasteiger partial charge in [-0.15, -0.1) is 0 Å². The summed E-state index contributed by atoms with van der Waals surface area (Å²) in [4.78, 5) is 40.7. The molecule has 0 fully saturated rings. The molecule has 1 atom stereocenters. The summed E-state index contributed by atoms with van der Waals surface area (Å²) in [6.07, 6.45) is 2.95. The first-order valence-corrected chi connectivity index (χ1v) is 15.2. The third-order valence-corrected chi connectivity index (χ3v) is 11.6. The Bertz CT molecular complexity index is 1090. The van der Waals surface area contributed by atoms with Crippen molar-refractivity contribution in [2.45, 2.75) is 17.0 Å². The first-order valence-electron chi connectivity index (χ1n) is 8.83. The van der Waals surface area contributed by atoms with Gasteiger partial charge in [0.2, 0.25) is 0 Å². The monoisotopic (exact) mass is 577 g/mol. The van der Waals surface area contributed by atoms with Crippen LogP contribution in [0.5, 0.6) is 0 Å². The first-order chi connectivity index (χ1) is 13.4. The minimum absolute atomic E-state index is 0.0570. The van der Waals surface area contributed by atoms with Crippen molar-refractivity contribution in [2.24, 2.45) is 14.1 Å². The number of hydrogen-bond acceptors (Lipinski definition) is 9. The van der Waals surface area contributed by atoms with Crippen LogP contribution in [0.25, 0.3) is 11.2 Å². The summed E-state index contributed by atoms with van der Waals surface area (Å²) in [5.41, 5.74) is 5.76. The Kier molecular flexibility index (Phi) is 6.39. The van der Waals surface area contributed by atoms with Crippen molar-refractivity contribution in [3.63, 3.8) is 0 Å². The molecule has 3 heterocycles. The molecule has 3 N–H and O–H groups in total. The number of aromatic nitrogens is 7. The van der Waals surface area contributed by atoms with Crippen LogP contribution in [0.2, 0.25) is 3.93 Å². The quantitative estimate of drug-likeness (QED) is 0.322. The zero-order valence-corrected chi connectivity index (χ0v) is 21.5. The zero-order chi connectivity index (χ0) is 20.3. The molecule has 1 unspecified atom stereocenters. The van der Waals surface area contributed by atoms with Gasteiger partial charge in [0.25, 0.3) is 0 Å². The van der Waals surface area contributed by atoms with Crippen molar-refractivity contribution in [3.8, 4) is 0 Å². The van der Waals surface area contributed by atoms with Crippen LogP contribution in [0, 0.1) is 0 Å². The van der Waals surface area contributed by atoms with Crippen LogP contribution in [0.1, 0.15) is 6.92 Å². The third kappa shape index (κ3) is 4.22. The van der Waals surface area contributed by atoms with Gasteiger partial charge < -0.3 is 0 Å². The fraction of sp³-hybridized carbons (Fsp3) is 0.467. The molecule has 0 aliphatic rings. The second-order valence-electron chi connectivity index (χ2n) is 6.23. The number of nitrogen functional groups attached to an aromatic ring is 1. The van der Waals surface area contributed by atoms with Crippen molar-refractivity contribution in [3.05, 3.63) is 33.5 Å². The van der Waals surface area contributed by atoms with Crippen molar-refractivity contribution in [1.82, 2.24) is 31.4 Å². The first kappa shape index (κ1) is 20.4. The minimum atomic E-state index is -1.82. The van der Waals surface area contributed by atoms with E-state index in [2.05, 4.69) is 25.3 Å². The van der Waals surface area contributed by atoms with Gasteiger partial charge in [-0.2, -0.15) is 0 Å². The average Bonchev–Trinajstić information content (AvgIpc) is 3.11. The van der Waals surface area contributed by atoms with Gasteiger partial charge in [0, 0.05) is 0 Å². The summed E-state index contributed by atoms with van der Waals surface area (Å²) in [6, 6.07) is 0. The van der Waals surface area contributed by atoms with E-state index in [0.717, 1.165) is 8.50 Å². The molecule has 12 nitrogen and oxygen atoms in total. The van der Waals surface area contributed by atoms with Crippen molar-refractivity contribution < 1.29 is 29.6 Å². The Morgan fingerprint density at radius 2 is 2.04 bits per heavy atom. The third-order valence-electron chi connectivity index (χ3n) is 4.39. The van der Waals surface area contributed by atoms with E-state index in [9.17, 15) is 9.59 Å². The number of hydrogen-bond donors (Lipinski definition) is 2. The Labute approximate surface area is 172 Å². The standard InChI is InChI=1S/C8H14N5O.C7H8N4O2.Hg/c1-3-14-6(2)4-10-8-12-5-11-7(9)13-8;1-10-5-4(8-3-9-5)6(12)11(2)7(10)13;/h5-6H,2-4H2,1H3,(H3,9,10,11,12,13);3H,1-2H3,(H,8,9,12);/q;;+1/p-1. The number of fused-ring (bicyclic) bond motifs is 1. The summed E-state index contributed by atoms with van der Waals surface area (Å²) in [7, 11) is 3.09. The SMILES string of the molecule is CCOC(CNc1ncnc(N)n1)[CH2][Hg][n]1cnc2c1c(=O)n(C)c(=O)n2C. The Morgan fingerprint density at radius 1 is 1.25 bits per heavy atom. The number of imidazole rings is 1. The molecule has 0 spiro atoms. The summed E-state index contributed by atoms with van der Waals surface area (Å²) in [5.74, 6) is 0.544. The molecule has 0 aliphatic carbocycles. The van der Waals surface area contributed by atoms with Gasteiger partial charge in [0.15, 0.2) is 0 Å². The van der Waals surface area contributed by atoms with Crippen LogP contribution in [0.15, 0.2) is 22.2 Å². The number of anilines is 2. The molecule has 146 valence electrons. The van der Waals surface area contributed by atoms with Crippen LogP contribution < -0.4 is 22.3 Å². The van der Waals surface area contributed by atoms with Gasteiger partial charge >= 0.3 is 173 Å². The van der Waals surface area contributed by atoms with E-state index < -0.39 is 24.9 Å². The van der Waals surface area contributed by atoms with E-state index in [-0.39, 0.29) is 23.3 Å². The van der Waals surface area contributed by atoms with Gasteiger partial charge in [0.05, 0.1) is 0 Å². The number of rotatable bonds is 8. The van der Waals surface area contributed by atoms with E-state index in [1.54, 1.807) is 13.4 Å². The fourth-order valence-electron chi connectivity index (χ4n) is 2.93. The topological polar surface area (TPSA) is 148 Å². The van der Waals surface area contributed by atoms with Crippen LogP contribution in [-0.2, 0) is 43.7 Å². The molecule has 3 rings (SSSR count). The van der Waals surface area contributed by atoms with Crippen LogP contribution in [0.3, 0.4) is 0 Å². The average molecular weight is 576 g/mol. The number of nitrogens with zero attached hydrogens (tertiary/aromatic N) is 7. The molecule has 0 bridgehead atoms. The normalized spacial score (nSPS) is 12.1. The molecule has 13 heteroatoms. The fourth-order valence-corrected chi connectivity index (χ4v) is 9.28. The van der Waals surface area contributed by atoms with Crippen LogP contribution in [0.4, 0.5) is 11.9 Å². The molecule has 3 aromatic heterocycles. The predicted octanol–water partition coefficient (Wildman–Crippen LogP) is -1.02. The van der Waals surface area contributed by atoms with Crippen molar-refractivity contribution >= 4 is 23.1 Å². The number of ether oxygens (including phenoxy) is 1. The van der Waals surface area contributed by atoms with Crippen molar-refractivity contribution in [2.75, 3.05) is 24.2 Å². The molecule has 0 saturated heterocycles. The van der Waals surface area contributed by atoms with E-state index in [1.165, 1.54) is 17.9 Å².